The molecule has 0 spiro atoms. The van der Waals surface area contributed by atoms with E-state index in [1.165, 1.54) is 24.0 Å². The predicted octanol–water partition coefficient (Wildman–Crippen LogP) is 3.85. The molecule has 0 atom stereocenters. The van der Waals surface area contributed by atoms with E-state index in [1.807, 2.05) is 36.4 Å². The summed E-state index contributed by atoms with van der Waals surface area (Å²) < 4.78 is 5.87. The summed E-state index contributed by atoms with van der Waals surface area (Å²) in [6.07, 6.45) is 4.51. The second-order valence-electron chi connectivity index (χ2n) is 5.03. The fourth-order valence-electron chi connectivity index (χ4n) is 2.67. The summed E-state index contributed by atoms with van der Waals surface area (Å²) in [6, 6.07) is 13.8. The van der Waals surface area contributed by atoms with Crippen molar-refractivity contribution in [2.45, 2.75) is 32.3 Å². The number of fused-ring (bicyclic) bond motifs is 1. The van der Waals surface area contributed by atoms with Crippen molar-refractivity contribution >= 4 is 0 Å². The molecular formula is C17H18O2. The van der Waals surface area contributed by atoms with Crippen LogP contribution in [-0.4, -0.2) is 5.11 Å². The Bertz CT molecular complexity index is 561. The van der Waals surface area contributed by atoms with Gasteiger partial charge in [0, 0.05) is 5.56 Å². The minimum atomic E-state index is 0.261. The van der Waals surface area contributed by atoms with Crippen molar-refractivity contribution in [2.24, 2.45) is 0 Å². The highest BCUT2D eigenvalue weighted by molar-refractivity contribution is 5.51. The lowest BCUT2D eigenvalue weighted by Gasteiger charge is -2.20. The second kappa shape index (κ2) is 5.35. The maximum absolute atomic E-state index is 10.0. The zero-order chi connectivity index (χ0) is 13.1. The summed E-state index contributed by atoms with van der Waals surface area (Å²) in [6.45, 7) is 0.505. The molecule has 0 radical (unpaired) electrons. The van der Waals surface area contributed by atoms with Crippen LogP contribution in [0.1, 0.15) is 29.5 Å². The van der Waals surface area contributed by atoms with Crippen LogP contribution in [0.15, 0.2) is 42.5 Å². The number of aromatic hydroxyl groups is 1. The van der Waals surface area contributed by atoms with Crippen molar-refractivity contribution in [3.63, 3.8) is 0 Å². The van der Waals surface area contributed by atoms with E-state index in [4.69, 9.17) is 4.74 Å². The standard InChI is InChI=1S/C17H18O2/c18-16-11-10-14-8-4-5-9-15(14)17(16)19-12-13-6-2-1-3-7-13/h1-3,6-7,10-11,18H,4-5,8-9,12H2. The molecule has 98 valence electrons. The Morgan fingerprint density at radius 1 is 0.947 bits per heavy atom. The molecule has 1 aliphatic carbocycles. The summed E-state index contributed by atoms with van der Waals surface area (Å²) in [5.74, 6) is 0.942. The average molecular weight is 254 g/mol. The fraction of sp³-hybridized carbons (Fsp3) is 0.294. The molecule has 0 aliphatic heterocycles. The van der Waals surface area contributed by atoms with E-state index in [2.05, 4.69) is 0 Å². The molecule has 0 saturated carbocycles. The first kappa shape index (κ1) is 12.1. The van der Waals surface area contributed by atoms with Gasteiger partial charge in [-0.2, -0.15) is 0 Å². The molecule has 0 bridgehead atoms. The molecule has 0 unspecified atom stereocenters. The SMILES string of the molecule is Oc1ccc2c(c1OCc1ccccc1)CCCC2. The predicted molar refractivity (Wildman–Crippen MR) is 75.5 cm³/mol. The number of ether oxygens (including phenoxy) is 1. The van der Waals surface area contributed by atoms with Gasteiger partial charge >= 0.3 is 0 Å². The van der Waals surface area contributed by atoms with E-state index in [9.17, 15) is 5.11 Å². The molecular weight excluding hydrogens is 236 g/mol. The van der Waals surface area contributed by atoms with E-state index in [1.54, 1.807) is 6.07 Å². The highest BCUT2D eigenvalue weighted by Gasteiger charge is 2.17. The van der Waals surface area contributed by atoms with Gasteiger partial charge in [-0.1, -0.05) is 36.4 Å². The summed E-state index contributed by atoms with van der Waals surface area (Å²) in [4.78, 5) is 0. The Hall–Kier alpha value is -1.96. The average Bonchev–Trinajstić information content (AvgIpc) is 2.47. The second-order valence-corrected chi connectivity index (χ2v) is 5.03. The van der Waals surface area contributed by atoms with Crippen molar-refractivity contribution in [2.75, 3.05) is 0 Å². The zero-order valence-electron chi connectivity index (χ0n) is 10.9. The van der Waals surface area contributed by atoms with Crippen LogP contribution in [0, 0.1) is 0 Å². The number of rotatable bonds is 3. The molecule has 2 nitrogen and oxygen atoms in total. The van der Waals surface area contributed by atoms with Crippen molar-refractivity contribution in [3.05, 3.63) is 59.2 Å². The first-order valence-corrected chi connectivity index (χ1v) is 6.85. The molecule has 3 rings (SSSR count). The van der Waals surface area contributed by atoms with E-state index in [0.29, 0.717) is 12.4 Å². The molecule has 2 aromatic carbocycles. The highest BCUT2D eigenvalue weighted by atomic mass is 16.5. The normalized spacial score (nSPS) is 13.9. The lowest BCUT2D eigenvalue weighted by atomic mass is 9.91. The summed E-state index contributed by atoms with van der Waals surface area (Å²) in [5.41, 5.74) is 3.64. The number of hydrogen-bond acceptors (Lipinski definition) is 2. The van der Waals surface area contributed by atoms with Crippen LogP contribution in [0.2, 0.25) is 0 Å². The summed E-state index contributed by atoms with van der Waals surface area (Å²) >= 11 is 0. The van der Waals surface area contributed by atoms with Crippen molar-refractivity contribution < 1.29 is 9.84 Å². The van der Waals surface area contributed by atoms with Crippen molar-refractivity contribution in [3.8, 4) is 11.5 Å². The van der Waals surface area contributed by atoms with Gasteiger partial charge in [-0.15, -0.1) is 0 Å². The van der Waals surface area contributed by atoms with Gasteiger partial charge in [0.2, 0.25) is 0 Å². The maximum atomic E-state index is 10.0. The van der Waals surface area contributed by atoms with Crippen LogP contribution in [-0.2, 0) is 19.4 Å². The van der Waals surface area contributed by atoms with Crippen LogP contribution in [0.4, 0.5) is 0 Å². The molecule has 0 amide bonds. The molecule has 0 saturated heterocycles. The third-order valence-electron chi connectivity index (χ3n) is 3.69. The molecule has 0 heterocycles. The van der Waals surface area contributed by atoms with Crippen LogP contribution in [0.25, 0.3) is 0 Å². The van der Waals surface area contributed by atoms with E-state index < -0.39 is 0 Å². The third-order valence-corrected chi connectivity index (χ3v) is 3.69. The van der Waals surface area contributed by atoms with Crippen LogP contribution in [0.3, 0.4) is 0 Å². The smallest absolute Gasteiger partial charge is 0.164 e. The van der Waals surface area contributed by atoms with Gasteiger partial charge in [0.15, 0.2) is 11.5 Å². The van der Waals surface area contributed by atoms with E-state index in [0.717, 1.165) is 18.4 Å². The van der Waals surface area contributed by atoms with Crippen molar-refractivity contribution in [1.82, 2.24) is 0 Å². The van der Waals surface area contributed by atoms with Crippen LogP contribution >= 0.6 is 0 Å². The quantitative estimate of drug-likeness (QED) is 0.901. The molecule has 0 fully saturated rings. The summed E-state index contributed by atoms with van der Waals surface area (Å²) in [7, 11) is 0. The Kier molecular flexibility index (Phi) is 3.41. The minimum Gasteiger partial charge on any atom is -0.504 e. The highest BCUT2D eigenvalue weighted by Crippen LogP contribution is 2.37. The first-order valence-electron chi connectivity index (χ1n) is 6.85. The molecule has 0 aromatic heterocycles. The maximum Gasteiger partial charge on any atom is 0.164 e. The molecule has 2 aromatic rings. The van der Waals surface area contributed by atoms with Gasteiger partial charge in [0.25, 0.3) is 0 Å². The van der Waals surface area contributed by atoms with Gasteiger partial charge in [-0.25, -0.2) is 0 Å². The molecule has 2 heteroatoms. The number of hydrogen-bond donors (Lipinski definition) is 1. The lowest BCUT2D eigenvalue weighted by Crippen LogP contribution is -2.06. The lowest BCUT2D eigenvalue weighted by molar-refractivity contribution is 0.284. The number of phenolic OH excluding ortho intramolecular Hbond substituents is 1. The van der Waals surface area contributed by atoms with Gasteiger partial charge in [0.05, 0.1) is 0 Å². The van der Waals surface area contributed by atoms with E-state index >= 15 is 0 Å². The monoisotopic (exact) mass is 254 g/mol. The van der Waals surface area contributed by atoms with Gasteiger partial charge in [-0.05, 0) is 42.9 Å². The fourth-order valence-corrected chi connectivity index (χ4v) is 2.67. The Labute approximate surface area is 113 Å². The summed E-state index contributed by atoms with van der Waals surface area (Å²) in [5, 5.41) is 10.0. The zero-order valence-corrected chi connectivity index (χ0v) is 10.9. The Morgan fingerprint density at radius 3 is 2.58 bits per heavy atom. The Morgan fingerprint density at radius 2 is 1.74 bits per heavy atom. The molecule has 1 aliphatic rings. The van der Waals surface area contributed by atoms with Gasteiger partial charge < -0.3 is 9.84 Å². The van der Waals surface area contributed by atoms with Crippen LogP contribution in [0.5, 0.6) is 11.5 Å². The van der Waals surface area contributed by atoms with Gasteiger partial charge in [0.1, 0.15) is 6.61 Å². The van der Waals surface area contributed by atoms with Crippen molar-refractivity contribution in [1.29, 1.82) is 0 Å². The number of aryl methyl sites for hydroxylation is 1. The first-order chi connectivity index (χ1) is 9.34. The third kappa shape index (κ3) is 2.58. The molecule has 1 N–H and O–H groups in total. The minimum absolute atomic E-state index is 0.261. The number of benzene rings is 2. The van der Waals surface area contributed by atoms with E-state index in [-0.39, 0.29) is 5.75 Å². The van der Waals surface area contributed by atoms with Crippen LogP contribution < -0.4 is 4.74 Å². The largest absolute Gasteiger partial charge is 0.504 e. The van der Waals surface area contributed by atoms with Gasteiger partial charge in [-0.3, -0.25) is 0 Å². The Balaban J connectivity index is 1.84. The number of phenols is 1. The topological polar surface area (TPSA) is 29.5 Å². The molecule has 19 heavy (non-hydrogen) atoms.